The summed E-state index contributed by atoms with van der Waals surface area (Å²) in [7, 11) is 1.94. The molecule has 2 aromatic rings. The lowest BCUT2D eigenvalue weighted by atomic mass is 9.92. The first-order valence-electron chi connectivity index (χ1n) is 6.43. The maximum Gasteiger partial charge on any atom is 0.124 e. The molecule has 0 amide bonds. The van der Waals surface area contributed by atoms with Crippen LogP contribution in [0.5, 0.6) is 0 Å². The molecule has 0 aliphatic carbocycles. The molecule has 2 rings (SSSR count). The summed E-state index contributed by atoms with van der Waals surface area (Å²) in [5.74, 6) is 0.121. The van der Waals surface area contributed by atoms with Gasteiger partial charge in [-0.1, -0.05) is 44.0 Å². The van der Waals surface area contributed by atoms with Crippen molar-refractivity contribution in [3.63, 3.8) is 0 Å². The van der Waals surface area contributed by atoms with Crippen molar-refractivity contribution < 1.29 is 4.39 Å². The second kappa shape index (κ2) is 7.34. The Morgan fingerprint density at radius 1 is 1.05 bits per heavy atom. The number of halogens is 3. The third-order valence-corrected chi connectivity index (χ3v) is 4.18. The summed E-state index contributed by atoms with van der Waals surface area (Å²) in [5.41, 5.74) is 2.25. The monoisotopic (exact) mass is 399 g/mol. The molecule has 1 N–H and O–H groups in total. The molecule has 0 saturated carbocycles. The molecule has 0 bridgehead atoms. The van der Waals surface area contributed by atoms with Crippen LogP contribution in [0.4, 0.5) is 4.39 Å². The van der Waals surface area contributed by atoms with E-state index in [1.807, 2.05) is 25.2 Å². The van der Waals surface area contributed by atoms with Gasteiger partial charge in [0, 0.05) is 21.4 Å². The molecule has 0 spiro atoms. The van der Waals surface area contributed by atoms with Gasteiger partial charge in [0.2, 0.25) is 0 Å². The Kier molecular flexibility index (Phi) is 5.75. The Hall–Kier alpha value is -0.710. The maximum absolute atomic E-state index is 13.5. The standard InChI is InChI=1S/C16H16Br2FN/c1-20-10-13(12-2-4-14(17)5-3-12)6-11-7-15(18)9-16(19)8-11/h2-5,7-9,13,20H,6,10H2,1H3. The van der Waals surface area contributed by atoms with E-state index in [1.165, 1.54) is 11.6 Å². The SMILES string of the molecule is CNCC(Cc1cc(F)cc(Br)c1)c1ccc(Br)cc1. The first-order valence-corrected chi connectivity index (χ1v) is 8.02. The molecule has 0 fully saturated rings. The van der Waals surface area contributed by atoms with Crippen LogP contribution in [0.2, 0.25) is 0 Å². The largest absolute Gasteiger partial charge is 0.319 e. The highest BCUT2D eigenvalue weighted by Gasteiger charge is 2.12. The summed E-state index contributed by atoms with van der Waals surface area (Å²) >= 11 is 6.79. The first kappa shape index (κ1) is 15.7. The van der Waals surface area contributed by atoms with Gasteiger partial charge in [0.25, 0.3) is 0 Å². The van der Waals surface area contributed by atoms with E-state index in [2.05, 4.69) is 49.3 Å². The molecule has 2 aromatic carbocycles. The fourth-order valence-electron chi connectivity index (χ4n) is 2.30. The predicted molar refractivity (Wildman–Crippen MR) is 88.6 cm³/mol. The van der Waals surface area contributed by atoms with Crippen molar-refractivity contribution in [2.24, 2.45) is 0 Å². The molecule has 0 aliphatic rings. The average molecular weight is 401 g/mol. The van der Waals surface area contributed by atoms with Gasteiger partial charge in [0.1, 0.15) is 5.82 Å². The molecule has 1 unspecified atom stereocenters. The van der Waals surface area contributed by atoms with Gasteiger partial charge >= 0.3 is 0 Å². The van der Waals surface area contributed by atoms with Gasteiger partial charge in [-0.15, -0.1) is 0 Å². The van der Waals surface area contributed by atoms with Crippen molar-refractivity contribution in [2.75, 3.05) is 13.6 Å². The average Bonchev–Trinajstić information content (AvgIpc) is 2.38. The van der Waals surface area contributed by atoms with E-state index in [1.54, 1.807) is 6.07 Å². The van der Waals surface area contributed by atoms with Crippen molar-refractivity contribution in [3.05, 3.63) is 68.4 Å². The van der Waals surface area contributed by atoms with E-state index < -0.39 is 0 Å². The third kappa shape index (κ3) is 4.40. The van der Waals surface area contributed by atoms with E-state index in [4.69, 9.17) is 0 Å². The summed E-state index contributed by atoms with van der Waals surface area (Å²) in [4.78, 5) is 0. The molecule has 0 radical (unpaired) electrons. The molecule has 0 aromatic heterocycles. The van der Waals surface area contributed by atoms with Crippen LogP contribution in [0, 0.1) is 5.82 Å². The van der Waals surface area contributed by atoms with Crippen LogP contribution in [-0.2, 0) is 6.42 Å². The number of hydrogen-bond donors (Lipinski definition) is 1. The fourth-order valence-corrected chi connectivity index (χ4v) is 3.08. The lowest BCUT2D eigenvalue weighted by Crippen LogP contribution is -2.19. The highest BCUT2D eigenvalue weighted by atomic mass is 79.9. The Morgan fingerprint density at radius 2 is 1.75 bits per heavy atom. The third-order valence-electron chi connectivity index (χ3n) is 3.20. The Bertz CT molecular complexity index is 549. The normalized spacial score (nSPS) is 12.4. The molecule has 20 heavy (non-hydrogen) atoms. The number of likely N-dealkylation sites (N-methyl/N-ethyl adjacent to an activating group) is 1. The van der Waals surface area contributed by atoms with E-state index >= 15 is 0 Å². The van der Waals surface area contributed by atoms with Gasteiger partial charge in [-0.25, -0.2) is 4.39 Å². The Labute approximate surface area is 135 Å². The molecule has 0 heterocycles. The van der Waals surface area contributed by atoms with E-state index in [0.29, 0.717) is 5.92 Å². The first-order chi connectivity index (χ1) is 9.58. The van der Waals surface area contributed by atoms with Crippen LogP contribution in [0.3, 0.4) is 0 Å². The van der Waals surface area contributed by atoms with Crippen LogP contribution in [0.15, 0.2) is 51.4 Å². The molecule has 106 valence electrons. The minimum atomic E-state index is -0.201. The Balaban J connectivity index is 2.22. The smallest absolute Gasteiger partial charge is 0.124 e. The van der Waals surface area contributed by atoms with Crippen LogP contribution < -0.4 is 5.32 Å². The van der Waals surface area contributed by atoms with Crippen LogP contribution in [-0.4, -0.2) is 13.6 Å². The van der Waals surface area contributed by atoms with Crippen LogP contribution >= 0.6 is 31.9 Å². The molecule has 0 saturated heterocycles. The van der Waals surface area contributed by atoms with Gasteiger partial charge in [0.15, 0.2) is 0 Å². The van der Waals surface area contributed by atoms with Gasteiger partial charge in [-0.05, 0) is 54.9 Å². The molecular weight excluding hydrogens is 385 g/mol. The highest BCUT2D eigenvalue weighted by Crippen LogP contribution is 2.24. The van der Waals surface area contributed by atoms with E-state index in [-0.39, 0.29) is 5.82 Å². The topological polar surface area (TPSA) is 12.0 Å². The zero-order chi connectivity index (χ0) is 14.5. The van der Waals surface area contributed by atoms with Gasteiger partial charge in [-0.3, -0.25) is 0 Å². The summed E-state index contributed by atoms with van der Waals surface area (Å²) in [6, 6.07) is 13.4. The molecular formula is C16H16Br2FN. The minimum Gasteiger partial charge on any atom is -0.319 e. The van der Waals surface area contributed by atoms with E-state index in [9.17, 15) is 4.39 Å². The second-order valence-corrected chi connectivity index (χ2v) is 6.62. The second-order valence-electron chi connectivity index (χ2n) is 4.79. The summed E-state index contributed by atoms with van der Waals surface area (Å²) in [6.07, 6.45) is 0.804. The zero-order valence-electron chi connectivity index (χ0n) is 11.2. The van der Waals surface area contributed by atoms with Crippen molar-refractivity contribution in [1.82, 2.24) is 5.32 Å². The fraction of sp³-hybridized carbons (Fsp3) is 0.250. The minimum absolute atomic E-state index is 0.201. The Morgan fingerprint density at radius 3 is 2.35 bits per heavy atom. The van der Waals surface area contributed by atoms with Gasteiger partial charge < -0.3 is 5.32 Å². The number of rotatable bonds is 5. The highest BCUT2D eigenvalue weighted by molar-refractivity contribution is 9.10. The summed E-state index contributed by atoms with van der Waals surface area (Å²) in [6.45, 7) is 0.857. The van der Waals surface area contributed by atoms with Gasteiger partial charge in [0.05, 0.1) is 0 Å². The lowest BCUT2D eigenvalue weighted by Gasteiger charge is -2.17. The van der Waals surface area contributed by atoms with Crippen LogP contribution in [0.1, 0.15) is 17.0 Å². The zero-order valence-corrected chi connectivity index (χ0v) is 14.3. The molecule has 1 atom stereocenters. The van der Waals surface area contributed by atoms with Gasteiger partial charge in [-0.2, -0.15) is 0 Å². The molecule has 1 nitrogen and oxygen atoms in total. The quantitative estimate of drug-likeness (QED) is 0.752. The summed E-state index contributed by atoms with van der Waals surface area (Å²) in [5, 5.41) is 3.21. The number of hydrogen-bond acceptors (Lipinski definition) is 1. The maximum atomic E-state index is 13.5. The van der Waals surface area contributed by atoms with Crippen molar-refractivity contribution in [2.45, 2.75) is 12.3 Å². The van der Waals surface area contributed by atoms with Crippen molar-refractivity contribution in [1.29, 1.82) is 0 Å². The van der Waals surface area contributed by atoms with Crippen molar-refractivity contribution in [3.8, 4) is 0 Å². The van der Waals surface area contributed by atoms with Crippen molar-refractivity contribution >= 4 is 31.9 Å². The lowest BCUT2D eigenvalue weighted by molar-refractivity contribution is 0.607. The van der Waals surface area contributed by atoms with E-state index in [0.717, 1.165) is 27.5 Å². The number of nitrogens with one attached hydrogen (secondary N) is 1. The van der Waals surface area contributed by atoms with Crippen LogP contribution in [0.25, 0.3) is 0 Å². The molecule has 0 aliphatic heterocycles. The summed E-state index contributed by atoms with van der Waals surface area (Å²) < 4.78 is 15.3. The predicted octanol–water partition coefficient (Wildman–Crippen LogP) is 4.90. The molecule has 4 heteroatoms. The number of benzene rings is 2.